The summed E-state index contributed by atoms with van der Waals surface area (Å²) < 4.78 is 23.1. The first-order valence-corrected chi connectivity index (χ1v) is 7.58. The lowest BCUT2D eigenvalue weighted by atomic mass is 10.2. The molecule has 0 atom stereocenters. The second-order valence-corrected chi connectivity index (χ2v) is 5.51. The van der Waals surface area contributed by atoms with Crippen LogP contribution >= 0.6 is 11.6 Å². The van der Waals surface area contributed by atoms with Gasteiger partial charge in [0, 0.05) is 19.2 Å². The van der Waals surface area contributed by atoms with E-state index in [2.05, 4.69) is 5.16 Å². The molecule has 0 fully saturated rings. The summed E-state index contributed by atoms with van der Waals surface area (Å²) in [6.07, 6.45) is 0.819. The Morgan fingerprint density at radius 2 is 2.09 bits per heavy atom. The average Bonchev–Trinajstić information content (AvgIpc) is 2.85. The monoisotopic (exact) mass is 340 g/mol. The van der Waals surface area contributed by atoms with Crippen LogP contribution in [0.5, 0.6) is 5.75 Å². The number of aryl methyl sites for hydroxylation is 1. The van der Waals surface area contributed by atoms with Crippen molar-refractivity contribution in [1.82, 2.24) is 10.1 Å². The maximum atomic E-state index is 12.8. The molecule has 23 heavy (non-hydrogen) atoms. The summed E-state index contributed by atoms with van der Waals surface area (Å²) in [6, 6.07) is 5.83. The zero-order valence-electron chi connectivity index (χ0n) is 13.0. The van der Waals surface area contributed by atoms with Crippen LogP contribution in [0.1, 0.15) is 17.7 Å². The fraction of sp³-hybridized carbons (Fsp3) is 0.375. The topological polar surface area (TPSA) is 55.6 Å². The number of rotatable bonds is 7. The molecule has 0 radical (unpaired) electrons. The van der Waals surface area contributed by atoms with Gasteiger partial charge in [0.05, 0.1) is 18.7 Å². The van der Waals surface area contributed by atoms with Gasteiger partial charge < -0.3 is 14.2 Å². The van der Waals surface area contributed by atoms with Crippen molar-refractivity contribution in [2.24, 2.45) is 0 Å². The van der Waals surface area contributed by atoms with Crippen LogP contribution in [0.2, 0.25) is 5.22 Å². The normalized spacial score (nSPS) is 10.6. The predicted octanol–water partition coefficient (Wildman–Crippen LogP) is 3.25. The first-order chi connectivity index (χ1) is 11.0. The molecule has 1 heterocycles. The van der Waals surface area contributed by atoms with E-state index in [0.29, 0.717) is 36.6 Å². The molecule has 7 heteroatoms. The largest absolute Gasteiger partial charge is 0.494 e. The highest BCUT2D eigenvalue weighted by Gasteiger charge is 2.17. The maximum Gasteiger partial charge on any atom is 0.229 e. The molecule has 1 aromatic heterocycles. The predicted molar refractivity (Wildman–Crippen MR) is 84.1 cm³/mol. The molecule has 124 valence electrons. The molecular weight excluding hydrogens is 323 g/mol. The molecule has 0 aliphatic heterocycles. The van der Waals surface area contributed by atoms with Gasteiger partial charge in [-0.15, -0.1) is 0 Å². The molecular formula is C16H18ClFN2O3. The lowest BCUT2D eigenvalue weighted by Crippen LogP contribution is -2.30. The number of aromatic nitrogens is 1. The molecule has 1 aromatic carbocycles. The number of carbonyl (C=O) groups is 1. The van der Waals surface area contributed by atoms with Gasteiger partial charge in [-0.25, -0.2) is 4.39 Å². The van der Waals surface area contributed by atoms with Crippen LogP contribution in [0, 0.1) is 12.7 Å². The van der Waals surface area contributed by atoms with E-state index in [-0.39, 0.29) is 23.4 Å². The Balaban J connectivity index is 1.73. The van der Waals surface area contributed by atoms with Crippen LogP contribution < -0.4 is 4.74 Å². The second kappa shape index (κ2) is 7.97. The van der Waals surface area contributed by atoms with Gasteiger partial charge in [-0.1, -0.05) is 5.16 Å². The molecule has 0 spiro atoms. The first kappa shape index (κ1) is 17.3. The Labute approximate surface area is 139 Å². The van der Waals surface area contributed by atoms with E-state index in [9.17, 15) is 9.18 Å². The molecule has 5 nitrogen and oxygen atoms in total. The molecule has 1 amide bonds. The van der Waals surface area contributed by atoms with E-state index in [1.54, 1.807) is 31.0 Å². The molecule has 0 aliphatic rings. The Kier molecular flexibility index (Phi) is 5.98. The smallest absolute Gasteiger partial charge is 0.229 e. The van der Waals surface area contributed by atoms with Gasteiger partial charge in [0.2, 0.25) is 11.1 Å². The lowest BCUT2D eigenvalue weighted by Gasteiger charge is -2.17. The highest BCUT2D eigenvalue weighted by atomic mass is 35.5. The SMILES string of the molecule is Cc1noc(Cl)c1CC(=O)N(C)CCCOc1ccc(F)cc1. The molecule has 0 saturated carbocycles. The summed E-state index contributed by atoms with van der Waals surface area (Å²) in [4.78, 5) is 13.7. The number of carbonyl (C=O) groups excluding carboxylic acids is 1. The van der Waals surface area contributed by atoms with Gasteiger partial charge >= 0.3 is 0 Å². The van der Waals surface area contributed by atoms with Crippen molar-refractivity contribution >= 4 is 17.5 Å². The number of nitrogens with zero attached hydrogens (tertiary/aromatic N) is 2. The van der Waals surface area contributed by atoms with Crippen molar-refractivity contribution in [2.75, 3.05) is 20.2 Å². The Morgan fingerprint density at radius 3 is 2.70 bits per heavy atom. The van der Waals surface area contributed by atoms with Crippen molar-refractivity contribution in [3.63, 3.8) is 0 Å². The number of likely N-dealkylation sites (N-methyl/N-ethyl adjacent to an activating group) is 1. The van der Waals surface area contributed by atoms with Crippen LogP contribution in [-0.2, 0) is 11.2 Å². The summed E-state index contributed by atoms with van der Waals surface area (Å²) in [7, 11) is 1.72. The van der Waals surface area contributed by atoms with Gasteiger partial charge in [-0.2, -0.15) is 0 Å². The quantitative estimate of drug-likeness (QED) is 0.726. The molecule has 2 aromatic rings. The maximum absolute atomic E-state index is 12.8. The Morgan fingerprint density at radius 1 is 1.39 bits per heavy atom. The molecule has 0 N–H and O–H groups in total. The van der Waals surface area contributed by atoms with Gasteiger partial charge in [0.15, 0.2) is 0 Å². The van der Waals surface area contributed by atoms with E-state index in [1.165, 1.54) is 12.1 Å². The van der Waals surface area contributed by atoms with E-state index in [4.69, 9.17) is 20.9 Å². The number of amides is 1. The summed E-state index contributed by atoms with van der Waals surface area (Å²) in [6.45, 7) is 2.73. The van der Waals surface area contributed by atoms with Crippen molar-refractivity contribution in [3.8, 4) is 5.75 Å². The third-order valence-electron chi connectivity index (χ3n) is 3.41. The number of hydrogen-bond acceptors (Lipinski definition) is 4. The molecule has 0 bridgehead atoms. The number of halogens is 2. The Bertz CT molecular complexity index is 638. The van der Waals surface area contributed by atoms with Crippen molar-refractivity contribution in [3.05, 3.63) is 46.6 Å². The average molecular weight is 341 g/mol. The van der Waals surface area contributed by atoms with Gasteiger partial charge in [0.25, 0.3) is 0 Å². The lowest BCUT2D eigenvalue weighted by molar-refractivity contribution is -0.129. The number of hydrogen-bond donors (Lipinski definition) is 0. The van der Waals surface area contributed by atoms with E-state index < -0.39 is 0 Å². The summed E-state index contributed by atoms with van der Waals surface area (Å²) in [5.41, 5.74) is 1.24. The number of ether oxygens (including phenoxy) is 1. The van der Waals surface area contributed by atoms with Crippen molar-refractivity contribution in [1.29, 1.82) is 0 Å². The number of benzene rings is 1. The summed E-state index contributed by atoms with van der Waals surface area (Å²) >= 11 is 5.85. The van der Waals surface area contributed by atoms with Crippen LogP contribution in [0.25, 0.3) is 0 Å². The minimum Gasteiger partial charge on any atom is -0.494 e. The highest BCUT2D eigenvalue weighted by Crippen LogP contribution is 2.20. The van der Waals surface area contributed by atoms with E-state index in [1.807, 2.05) is 0 Å². The first-order valence-electron chi connectivity index (χ1n) is 7.20. The molecule has 2 rings (SSSR count). The van der Waals surface area contributed by atoms with Gasteiger partial charge in [-0.3, -0.25) is 4.79 Å². The zero-order valence-corrected chi connectivity index (χ0v) is 13.8. The molecule has 0 aliphatic carbocycles. The molecule has 0 saturated heterocycles. The van der Waals surface area contributed by atoms with E-state index in [0.717, 1.165) is 0 Å². The third kappa shape index (κ3) is 4.96. The fourth-order valence-electron chi connectivity index (χ4n) is 1.99. The van der Waals surface area contributed by atoms with Crippen molar-refractivity contribution in [2.45, 2.75) is 19.8 Å². The van der Waals surface area contributed by atoms with Crippen LogP contribution in [0.3, 0.4) is 0 Å². The summed E-state index contributed by atoms with van der Waals surface area (Å²) in [5, 5.41) is 3.88. The highest BCUT2D eigenvalue weighted by molar-refractivity contribution is 6.29. The van der Waals surface area contributed by atoms with Crippen LogP contribution in [0.4, 0.5) is 4.39 Å². The molecule has 0 unspecified atom stereocenters. The fourth-order valence-corrected chi connectivity index (χ4v) is 2.23. The minimum atomic E-state index is -0.301. The zero-order chi connectivity index (χ0) is 16.8. The van der Waals surface area contributed by atoms with Crippen LogP contribution in [-0.4, -0.2) is 36.2 Å². The standard InChI is InChI=1S/C16H18ClFN2O3/c1-11-14(16(17)23-19-11)10-15(21)20(2)8-3-9-22-13-6-4-12(18)5-7-13/h4-7H,3,8-10H2,1-2H3. The van der Waals surface area contributed by atoms with Gasteiger partial charge in [-0.05, 0) is 49.2 Å². The minimum absolute atomic E-state index is 0.0695. The summed E-state index contributed by atoms with van der Waals surface area (Å²) in [5.74, 6) is 0.234. The van der Waals surface area contributed by atoms with E-state index >= 15 is 0 Å². The van der Waals surface area contributed by atoms with Crippen molar-refractivity contribution < 1.29 is 18.4 Å². The van der Waals surface area contributed by atoms with Crippen LogP contribution in [0.15, 0.2) is 28.8 Å². The van der Waals surface area contributed by atoms with Gasteiger partial charge in [0.1, 0.15) is 11.6 Å². The second-order valence-electron chi connectivity index (χ2n) is 5.17. The third-order valence-corrected chi connectivity index (χ3v) is 3.71. The Hall–Kier alpha value is -2.08.